The van der Waals surface area contributed by atoms with E-state index >= 15 is 0 Å². The molecule has 0 aromatic heterocycles. The Labute approximate surface area is 310 Å². The molecular formula is C44H47Cl2Zr. The van der Waals surface area contributed by atoms with Gasteiger partial charge in [-0.15, -0.1) is 0 Å². The molecule has 3 heteroatoms. The molecule has 0 fully saturated rings. The first-order chi connectivity index (χ1) is 21.1. The quantitative estimate of drug-likeness (QED) is 0.299. The van der Waals surface area contributed by atoms with E-state index in [0.717, 1.165) is 6.42 Å². The van der Waals surface area contributed by atoms with Gasteiger partial charge in [-0.3, -0.25) is 0 Å². The number of rotatable bonds is 3. The molecule has 2 aliphatic carbocycles. The first kappa shape index (κ1) is 37.4. The molecule has 6 rings (SSSR count). The van der Waals surface area contributed by atoms with E-state index in [2.05, 4.69) is 160 Å². The van der Waals surface area contributed by atoms with Crippen LogP contribution in [0.25, 0.3) is 14.4 Å². The van der Waals surface area contributed by atoms with Crippen molar-refractivity contribution < 1.29 is 49.5 Å². The molecule has 2 aliphatic rings. The molecular weight excluding hydrogens is 691 g/mol. The van der Waals surface area contributed by atoms with Gasteiger partial charge in [-0.2, -0.15) is 0 Å². The molecule has 0 saturated carbocycles. The molecule has 0 radical (unpaired) electrons. The van der Waals surface area contributed by atoms with Crippen molar-refractivity contribution in [2.45, 2.75) is 86.5 Å². The third kappa shape index (κ3) is 6.75. The maximum atomic E-state index is 2.58. The second kappa shape index (κ2) is 13.5. The van der Waals surface area contributed by atoms with Crippen molar-refractivity contribution >= 4 is 14.4 Å². The monoisotopic (exact) mass is 735 g/mol. The zero-order valence-electron chi connectivity index (χ0n) is 29.6. The van der Waals surface area contributed by atoms with Gasteiger partial charge in [0.15, 0.2) is 0 Å². The van der Waals surface area contributed by atoms with Gasteiger partial charge in [0.2, 0.25) is 0 Å². The van der Waals surface area contributed by atoms with Crippen molar-refractivity contribution in [2.24, 2.45) is 5.41 Å². The van der Waals surface area contributed by atoms with Crippen molar-refractivity contribution in [2.75, 3.05) is 0 Å². The van der Waals surface area contributed by atoms with Crippen LogP contribution in [0.4, 0.5) is 0 Å². The van der Waals surface area contributed by atoms with Crippen LogP contribution < -0.4 is 35.3 Å². The van der Waals surface area contributed by atoms with Crippen LogP contribution in [-0.2, 0) is 35.5 Å². The molecule has 0 unspecified atom stereocenters. The topological polar surface area (TPSA) is 0 Å². The second-order valence-corrected chi connectivity index (χ2v) is 17.3. The normalized spacial score (nSPS) is 14.3. The molecule has 0 atom stereocenters. The van der Waals surface area contributed by atoms with Crippen LogP contribution in [0.15, 0.2) is 102 Å². The molecule has 0 N–H and O–H groups in total. The first-order valence-electron chi connectivity index (χ1n) is 16.4. The summed E-state index contributed by atoms with van der Waals surface area (Å²) < 4.78 is 1.48. The van der Waals surface area contributed by atoms with Crippen molar-refractivity contribution in [3.63, 3.8) is 0 Å². The second-order valence-electron chi connectivity index (χ2n) is 16.0. The van der Waals surface area contributed by atoms with Crippen molar-refractivity contribution in [3.05, 3.63) is 156 Å². The Morgan fingerprint density at radius 1 is 0.596 bits per heavy atom. The largest absolute Gasteiger partial charge is 1.00 e. The number of benzene rings is 4. The summed E-state index contributed by atoms with van der Waals surface area (Å²) in [7, 11) is 0. The van der Waals surface area contributed by atoms with Crippen LogP contribution in [0.3, 0.4) is 0 Å². The average Bonchev–Trinajstić information content (AvgIpc) is 3.50. The summed E-state index contributed by atoms with van der Waals surface area (Å²) in [5.41, 5.74) is 14.1. The van der Waals surface area contributed by atoms with Crippen molar-refractivity contribution in [1.29, 1.82) is 0 Å². The Bertz CT molecular complexity index is 2070. The minimum Gasteiger partial charge on any atom is -1.00 e. The fourth-order valence-corrected chi connectivity index (χ4v) is 8.70. The summed E-state index contributed by atoms with van der Waals surface area (Å²) in [6.07, 6.45) is 3.44. The molecule has 0 aliphatic heterocycles. The van der Waals surface area contributed by atoms with E-state index in [1.54, 1.807) is 0 Å². The van der Waals surface area contributed by atoms with Crippen molar-refractivity contribution in [3.8, 4) is 0 Å². The summed E-state index contributed by atoms with van der Waals surface area (Å²) in [5.74, 6) is 0. The molecule has 0 nitrogen and oxygen atoms in total. The third-order valence-corrected chi connectivity index (χ3v) is 10.8. The predicted octanol–water partition coefficient (Wildman–Crippen LogP) is 3.99. The minimum absolute atomic E-state index is 0. The summed E-state index contributed by atoms with van der Waals surface area (Å²) in [4.78, 5) is 0. The summed E-state index contributed by atoms with van der Waals surface area (Å²) in [6, 6.07) is 32.1. The standard InChI is InChI=1S/C44H47.2ClH.Zr/c1-28-21-24-33(41(28)44(8,9)10)39-36-25-31-22-23-32(42(2,3)4)26-34(31)35(36)27-37(43(5,6)7)40(39)38(29-17-13-11-14-18-29)30-19-15-12-16-20-30;;;/h11-23,26-27H,24H2,1-10H3;2*1H;/q;;;+2/p-2. The van der Waals surface area contributed by atoms with Gasteiger partial charge >= 0.3 is 287 Å². The van der Waals surface area contributed by atoms with Crippen LogP contribution >= 0.6 is 0 Å². The van der Waals surface area contributed by atoms with Gasteiger partial charge in [0, 0.05) is 0 Å². The molecule has 4 aromatic rings. The zero-order chi connectivity index (χ0) is 32.5. The van der Waals surface area contributed by atoms with Gasteiger partial charge in [0.25, 0.3) is 0 Å². The number of allylic oxidation sites excluding steroid dienone is 4. The molecule has 0 bridgehead atoms. The van der Waals surface area contributed by atoms with E-state index in [1.165, 1.54) is 105 Å². The fourth-order valence-electron chi connectivity index (χ4n) is 7.53. The Kier molecular flexibility index (Phi) is 10.7. The van der Waals surface area contributed by atoms with E-state index < -0.39 is 0 Å². The number of hydrogen-bond donors (Lipinski definition) is 0. The number of halogens is 2. The Hall–Kier alpha value is -2.44. The Balaban J connectivity index is 0.00000250. The molecule has 0 saturated heterocycles. The first-order valence-corrected chi connectivity index (χ1v) is 17.7. The van der Waals surface area contributed by atoms with Crippen LogP contribution in [-0.4, -0.2) is 0 Å². The van der Waals surface area contributed by atoms with Crippen LogP contribution in [0.1, 0.15) is 109 Å². The smallest absolute Gasteiger partial charge is 1.00 e. The predicted molar refractivity (Wildman–Crippen MR) is 189 cm³/mol. The summed E-state index contributed by atoms with van der Waals surface area (Å²) >= 11 is 1.47. The molecule has 4 aromatic carbocycles. The third-order valence-electron chi connectivity index (χ3n) is 9.57. The van der Waals surface area contributed by atoms with E-state index in [9.17, 15) is 0 Å². The zero-order valence-corrected chi connectivity index (χ0v) is 33.6. The SMILES string of the molecule is CC1=CCC(c2c3c(cc(C(C)(C)C)c2=C(c2ccccc2)c2ccccc2)=c2cc(C(C)(C)C)ccc2=[C]3[Zr+2])=C1C(C)(C)C.[Cl-].[Cl-]. The van der Waals surface area contributed by atoms with E-state index in [-0.39, 0.29) is 41.1 Å². The van der Waals surface area contributed by atoms with Gasteiger partial charge < -0.3 is 24.8 Å². The van der Waals surface area contributed by atoms with Crippen molar-refractivity contribution in [1.82, 2.24) is 0 Å². The van der Waals surface area contributed by atoms with Crippen LogP contribution in [0.5, 0.6) is 0 Å². The van der Waals surface area contributed by atoms with Crippen LogP contribution in [0, 0.1) is 15.9 Å². The van der Waals surface area contributed by atoms with E-state index in [1.807, 2.05) is 0 Å². The minimum atomic E-state index is -0.0802. The maximum absolute atomic E-state index is 2.58. The van der Waals surface area contributed by atoms with Crippen LogP contribution in [0.2, 0.25) is 0 Å². The van der Waals surface area contributed by atoms with Gasteiger partial charge in [0.05, 0.1) is 0 Å². The Morgan fingerprint density at radius 2 is 1.15 bits per heavy atom. The summed E-state index contributed by atoms with van der Waals surface area (Å²) in [6.45, 7) is 23.7. The molecule has 0 heterocycles. The summed E-state index contributed by atoms with van der Waals surface area (Å²) in [5, 5.41) is 5.64. The molecule has 0 amide bonds. The molecule has 241 valence electrons. The number of fused-ring (bicyclic) bond motifs is 2. The van der Waals surface area contributed by atoms with Gasteiger partial charge in [0.1, 0.15) is 0 Å². The van der Waals surface area contributed by atoms with E-state index in [0.29, 0.717) is 0 Å². The molecule has 0 spiro atoms. The Morgan fingerprint density at radius 3 is 1.64 bits per heavy atom. The maximum Gasteiger partial charge on any atom is -1.00 e. The van der Waals surface area contributed by atoms with E-state index in [4.69, 9.17) is 0 Å². The molecule has 47 heavy (non-hydrogen) atoms. The van der Waals surface area contributed by atoms with Gasteiger partial charge in [-0.05, 0) is 0 Å². The fraction of sp³-hybridized carbons (Fsp3) is 0.318. The van der Waals surface area contributed by atoms with Gasteiger partial charge in [-0.1, -0.05) is 0 Å². The number of hydrogen-bond acceptors (Lipinski definition) is 0. The van der Waals surface area contributed by atoms with Gasteiger partial charge in [-0.25, -0.2) is 0 Å². The average molecular weight is 738 g/mol.